The number of benzene rings is 5. The minimum atomic E-state index is -4.17. The molecule has 5 aromatic carbocycles. The maximum Gasteiger partial charge on any atom is 0.407 e. The molecule has 0 aliphatic carbocycles. The molecule has 0 bridgehead atoms. The number of fused-ring (bicyclic) bond motifs is 1. The summed E-state index contributed by atoms with van der Waals surface area (Å²) in [5.41, 5.74) is -3.07. The predicted octanol–water partition coefficient (Wildman–Crippen LogP) is 7.66. The van der Waals surface area contributed by atoms with Gasteiger partial charge in [0.1, 0.15) is 54.2 Å². The van der Waals surface area contributed by atoms with E-state index in [1.54, 1.807) is 113 Å². The molecule has 3 fully saturated rings. The summed E-state index contributed by atoms with van der Waals surface area (Å²) in [7, 11) is 3.11. The van der Waals surface area contributed by atoms with Crippen LogP contribution in [0.3, 0.4) is 0 Å². The lowest BCUT2D eigenvalue weighted by Crippen LogP contribution is -2.44. The van der Waals surface area contributed by atoms with Crippen LogP contribution in [-0.2, 0) is 59.2 Å². The third kappa shape index (κ3) is 13.2. The fourth-order valence-electron chi connectivity index (χ4n) is 10.1. The third-order valence-electron chi connectivity index (χ3n) is 13.8. The molecule has 3 N–H and O–H groups in total. The molecule has 434 valence electrons. The Labute approximate surface area is 482 Å². The Morgan fingerprint density at radius 2 is 1.20 bits per heavy atom. The normalized spacial score (nSPS) is 21.9. The van der Waals surface area contributed by atoms with Crippen molar-refractivity contribution in [1.82, 2.24) is 24.4 Å². The number of alkyl carbamates (subject to hydrolysis) is 1. The Kier molecular flexibility index (Phi) is 17.8. The molecule has 0 saturated carbocycles. The number of carbonyl (C=O) groups is 2. The first-order valence-corrected chi connectivity index (χ1v) is 30.6. The van der Waals surface area contributed by atoms with Crippen molar-refractivity contribution in [3.63, 3.8) is 0 Å². The van der Waals surface area contributed by atoms with Crippen molar-refractivity contribution in [1.29, 1.82) is 0 Å². The molecule has 22 nitrogen and oxygen atoms in total. The van der Waals surface area contributed by atoms with Gasteiger partial charge in [-0.2, -0.15) is 0 Å². The number of amides is 1. The number of hydrogen-bond acceptors (Lipinski definition) is 19. The number of aromatic amines is 2. The highest BCUT2D eigenvalue weighted by Crippen LogP contribution is 2.75. The molecule has 0 spiro atoms. The maximum atomic E-state index is 15.9. The second kappa shape index (κ2) is 25.1. The average Bonchev–Trinajstić information content (AvgIpc) is 2.30. The van der Waals surface area contributed by atoms with Crippen molar-refractivity contribution in [3.8, 4) is 11.5 Å². The van der Waals surface area contributed by atoms with Gasteiger partial charge in [-0.15, -0.1) is 0 Å². The zero-order valence-corrected chi connectivity index (χ0v) is 47.9. The molecule has 1 amide bonds. The quantitative estimate of drug-likeness (QED) is 0.0354. The summed E-state index contributed by atoms with van der Waals surface area (Å²) in [6.45, 7) is 3.40. The van der Waals surface area contributed by atoms with Gasteiger partial charge >= 0.3 is 29.2 Å². The summed E-state index contributed by atoms with van der Waals surface area (Å²) in [6.07, 6.45) is -8.76. The molecular formula is C58H58N5O17PS2. The minimum absolute atomic E-state index is 0.143. The lowest BCUT2D eigenvalue weighted by Gasteiger charge is -2.37. The standard InChI is InChI=1S/C58H58N5O17PS2/c1-35(64)73-33-44-47-50(79-57(2,3)78-47)53(75-44)63-32-36(51(66)61-55(63)68)31-59-56(69)77-49-48(80-81(70,82-42-17-11-7-12-18-42)83-43-19-13-8-14-20-43)45(76-52(49)62-30-29-46(65)60-54(62)67)34-74-58(37-15-9-6-10-16-37,38-21-25-40(71-4)26-22-38)39-23-27-41(72-5)28-24-39/h6-30,32,44-45,47-50,52-53H,31,33-34H2,1-5H3,(H,59,69)(H,60,65,67)(H,61,66,68)/t44-,45-,47-,48-,49-,50-,52-,53-/m1/s1. The number of hydrogen-bond donors (Lipinski definition) is 3. The van der Waals surface area contributed by atoms with E-state index in [1.807, 2.05) is 54.6 Å². The van der Waals surface area contributed by atoms with Crippen LogP contribution in [0.1, 0.15) is 55.5 Å². The van der Waals surface area contributed by atoms with E-state index in [0.717, 1.165) is 44.2 Å². The molecule has 5 heterocycles. The highest BCUT2D eigenvalue weighted by molar-refractivity contribution is 8.89. The number of ether oxygens (including phenoxy) is 9. The first-order chi connectivity index (χ1) is 39.9. The van der Waals surface area contributed by atoms with Crippen LogP contribution < -0.4 is 37.3 Å². The Morgan fingerprint density at radius 3 is 1.77 bits per heavy atom. The van der Waals surface area contributed by atoms with E-state index in [4.69, 9.17) is 47.2 Å². The molecule has 3 aliphatic heterocycles. The van der Waals surface area contributed by atoms with Crippen LogP contribution in [-0.4, -0.2) is 101 Å². The van der Waals surface area contributed by atoms with Gasteiger partial charge in [0.05, 0.1) is 32.9 Å². The van der Waals surface area contributed by atoms with Crippen LogP contribution in [0.15, 0.2) is 187 Å². The van der Waals surface area contributed by atoms with Gasteiger partial charge in [0, 0.05) is 35.2 Å². The maximum absolute atomic E-state index is 15.9. The fourth-order valence-corrected chi connectivity index (χ4v) is 16.9. The number of esters is 1. The zero-order valence-electron chi connectivity index (χ0n) is 45.3. The number of aromatic nitrogens is 4. The van der Waals surface area contributed by atoms with Crippen LogP contribution in [0.2, 0.25) is 0 Å². The van der Waals surface area contributed by atoms with E-state index < -0.39 is 114 Å². The lowest BCUT2D eigenvalue weighted by molar-refractivity contribution is -0.202. The summed E-state index contributed by atoms with van der Waals surface area (Å²) in [5, 5.41) is 2.58. The molecule has 25 heteroatoms. The number of nitrogens with zero attached hydrogens (tertiary/aromatic N) is 2. The summed E-state index contributed by atoms with van der Waals surface area (Å²) in [4.78, 5) is 85.6. The number of H-pyrrole nitrogens is 2. The monoisotopic (exact) mass is 1190 g/mol. The van der Waals surface area contributed by atoms with Gasteiger partial charge in [0.2, 0.25) is 0 Å². The largest absolute Gasteiger partial charge is 0.497 e. The molecule has 83 heavy (non-hydrogen) atoms. The van der Waals surface area contributed by atoms with Gasteiger partial charge in [0.15, 0.2) is 24.3 Å². The molecule has 0 unspecified atom stereocenters. The molecule has 3 saturated heterocycles. The van der Waals surface area contributed by atoms with Crippen molar-refractivity contribution in [3.05, 3.63) is 222 Å². The highest BCUT2D eigenvalue weighted by atomic mass is 33.1. The molecule has 10 rings (SSSR count). The minimum Gasteiger partial charge on any atom is -0.497 e. The van der Waals surface area contributed by atoms with Crippen molar-refractivity contribution >= 4 is 40.6 Å². The second-order valence-corrected chi connectivity index (χ2v) is 26.8. The topological polar surface area (TPSA) is 265 Å². The van der Waals surface area contributed by atoms with E-state index in [0.29, 0.717) is 38.0 Å². The highest BCUT2D eigenvalue weighted by Gasteiger charge is 2.57. The van der Waals surface area contributed by atoms with E-state index >= 15 is 4.57 Å². The second-order valence-electron chi connectivity index (χ2n) is 19.7. The summed E-state index contributed by atoms with van der Waals surface area (Å²) in [6, 6.07) is 42.8. The zero-order chi connectivity index (χ0) is 58.5. The Hall–Kier alpha value is -7.51. The van der Waals surface area contributed by atoms with Gasteiger partial charge in [-0.25, -0.2) is 14.4 Å². The summed E-state index contributed by atoms with van der Waals surface area (Å²) in [5.74, 6) is -4.71. The number of carbonyl (C=O) groups excluding carboxylic acids is 2. The molecule has 7 aromatic rings. The SMILES string of the molecule is COc1ccc(C(OC[C@H]2O[C@@H](n3ccc(=O)[nH]c3=O)[C@H](OC(=O)NCc3cn([C@@H]4O[C@H](COC(C)=O)[C@H]5OC(C)(C)O[C@H]54)c(=O)[nH]c3=O)[C@@H]2OP(=O)(Sc2ccccc2)Sc2ccccc2)(c2ccccc2)c2ccc(OC)cc2)cc1. The van der Waals surface area contributed by atoms with Gasteiger partial charge < -0.3 is 52.5 Å². The van der Waals surface area contributed by atoms with Gasteiger partial charge in [-0.05, 0) is 102 Å². The van der Waals surface area contributed by atoms with E-state index in [1.165, 1.54) is 13.1 Å². The molecular weight excluding hydrogens is 1130 g/mol. The van der Waals surface area contributed by atoms with Crippen LogP contribution in [0, 0.1) is 0 Å². The Bertz CT molecular complexity index is 3610. The molecule has 8 atom stereocenters. The Balaban J connectivity index is 1.04. The van der Waals surface area contributed by atoms with Crippen molar-refractivity contribution in [2.45, 2.75) is 97.6 Å². The van der Waals surface area contributed by atoms with Crippen molar-refractivity contribution in [2.24, 2.45) is 0 Å². The number of rotatable bonds is 21. The smallest absolute Gasteiger partial charge is 0.407 e. The summed E-state index contributed by atoms with van der Waals surface area (Å²) >= 11 is 1.88. The van der Waals surface area contributed by atoms with E-state index in [-0.39, 0.29) is 12.2 Å². The van der Waals surface area contributed by atoms with Crippen LogP contribution in [0.25, 0.3) is 0 Å². The van der Waals surface area contributed by atoms with Gasteiger partial charge in [-0.1, -0.05) is 91.0 Å². The first-order valence-electron chi connectivity index (χ1n) is 26.1. The number of methoxy groups -OCH3 is 2. The van der Waals surface area contributed by atoms with Crippen LogP contribution in [0.5, 0.6) is 11.5 Å². The van der Waals surface area contributed by atoms with Crippen molar-refractivity contribution in [2.75, 3.05) is 27.4 Å². The fraction of sp³-hybridized carbons (Fsp3) is 0.310. The Morgan fingerprint density at radius 1 is 0.663 bits per heavy atom. The average molecular weight is 1190 g/mol. The van der Waals surface area contributed by atoms with Crippen molar-refractivity contribution < 1.29 is 61.3 Å². The van der Waals surface area contributed by atoms with E-state index in [9.17, 15) is 28.8 Å². The van der Waals surface area contributed by atoms with Crippen LogP contribution >= 0.6 is 28.5 Å². The van der Waals surface area contributed by atoms with Gasteiger partial charge in [-0.3, -0.25) is 38.1 Å². The molecule has 0 radical (unpaired) electrons. The third-order valence-corrected chi connectivity index (χ3v) is 20.2. The number of nitrogens with one attached hydrogen (secondary N) is 3. The van der Waals surface area contributed by atoms with E-state index in [2.05, 4.69) is 15.3 Å². The predicted molar refractivity (Wildman–Crippen MR) is 303 cm³/mol. The first kappa shape index (κ1) is 58.7. The lowest BCUT2D eigenvalue weighted by atomic mass is 9.80. The van der Waals surface area contributed by atoms with Crippen LogP contribution in [0.4, 0.5) is 4.79 Å². The molecule has 2 aromatic heterocycles. The summed E-state index contributed by atoms with van der Waals surface area (Å²) < 4.78 is 80.1. The molecule has 3 aliphatic rings. The van der Waals surface area contributed by atoms with Gasteiger partial charge in [0.25, 0.3) is 11.1 Å².